The molecule has 3 rings (SSSR count). The molecule has 0 amide bonds. The third kappa shape index (κ3) is 4.80. The molecule has 0 bridgehead atoms. The normalized spacial score (nSPS) is 22.2. The highest BCUT2D eigenvalue weighted by atomic mass is 32.2. The van der Waals surface area contributed by atoms with Gasteiger partial charge >= 0.3 is 0 Å². The molecule has 0 heterocycles. The summed E-state index contributed by atoms with van der Waals surface area (Å²) in [6.45, 7) is 0. The molecule has 140 valence electrons. The van der Waals surface area contributed by atoms with Crippen LogP contribution in [0.5, 0.6) is 0 Å². The van der Waals surface area contributed by atoms with Crippen LogP contribution in [0.15, 0.2) is 81.4 Å². The summed E-state index contributed by atoms with van der Waals surface area (Å²) in [4.78, 5) is 4.46. The summed E-state index contributed by atoms with van der Waals surface area (Å²) in [5.74, 6) is 1.12. The van der Waals surface area contributed by atoms with Crippen LogP contribution in [-0.2, 0) is 6.42 Å². The fraction of sp³-hybridized carbons (Fsp3) is 0.273. The molecular formula is C22H25N3OS. The van der Waals surface area contributed by atoms with Gasteiger partial charge in [-0.05, 0) is 29.9 Å². The van der Waals surface area contributed by atoms with Gasteiger partial charge in [-0.15, -0.1) is 11.8 Å². The number of aliphatic imine (C=N–C) groups is 1. The fourth-order valence-corrected chi connectivity index (χ4v) is 4.38. The van der Waals surface area contributed by atoms with Crippen molar-refractivity contribution in [2.75, 3.05) is 12.8 Å². The summed E-state index contributed by atoms with van der Waals surface area (Å²) in [6.07, 6.45) is 2.40. The predicted octanol–water partition coefficient (Wildman–Crippen LogP) is 4.61. The van der Waals surface area contributed by atoms with Gasteiger partial charge in [0.15, 0.2) is 0 Å². The number of hydrogen-bond acceptors (Lipinski definition) is 5. The molecule has 1 aliphatic carbocycles. The van der Waals surface area contributed by atoms with Gasteiger partial charge in [-0.1, -0.05) is 65.8 Å². The number of rotatable bonds is 5. The van der Waals surface area contributed by atoms with Crippen LogP contribution in [0, 0.1) is 0 Å². The topological polar surface area (TPSA) is 71.0 Å². The first-order valence-corrected chi connectivity index (χ1v) is 10.1. The van der Waals surface area contributed by atoms with Gasteiger partial charge in [0.25, 0.3) is 0 Å². The average molecular weight is 380 g/mol. The van der Waals surface area contributed by atoms with E-state index < -0.39 is 0 Å². The van der Waals surface area contributed by atoms with Crippen molar-refractivity contribution in [3.8, 4) is 0 Å². The Balaban J connectivity index is 1.76. The molecule has 0 aliphatic heterocycles. The summed E-state index contributed by atoms with van der Waals surface area (Å²) < 4.78 is 0. The van der Waals surface area contributed by atoms with E-state index in [-0.39, 0.29) is 5.92 Å². The minimum Gasteiger partial charge on any atom is -0.411 e. The molecule has 0 radical (unpaired) electrons. The maximum absolute atomic E-state index is 9.63. The Hall–Kier alpha value is -2.53. The minimum absolute atomic E-state index is 0.252. The first-order valence-electron chi connectivity index (χ1n) is 9.11. The van der Waals surface area contributed by atoms with Gasteiger partial charge in [-0.3, -0.25) is 4.99 Å². The fourth-order valence-electron chi connectivity index (χ4n) is 3.44. The number of aryl methyl sites for hydroxylation is 1. The van der Waals surface area contributed by atoms with Gasteiger partial charge in [0.1, 0.15) is 0 Å². The number of hydrogen-bond donors (Lipinski definition) is 2. The van der Waals surface area contributed by atoms with E-state index in [4.69, 9.17) is 5.73 Å². The van der Waals surface area contributed by atoms with E-state index in [0.29, 0.717) is 17.2 Å². The zero-order valence-corrected chi connectivity index (χ0v) is 16.3. The Bertz CT molecular complexity index is 820. The van der Waals surface area contributed by atoms with Crippen LogP contribution in [0.4, 0.5) is 0 Å². The summed E-state index contributed by atoms with van der Waals surface area (Å²) in [6, 6.07) is 20.7. The number of nitrogens with two attached hydrogens (primary N) is 1. The highest BCUT2D eigenvalue weighted by Gasteiger charge is 2.30. The van der Waals surface area contributed by atoms with Crippen molar-refractivity contribution in [3.63, 3.8) is 0 Å². The molecule has 27 heavy (non-hydrogen) atoms. The van der Waals surface area contributed by atoms with Gasteiger partial charge in [0.2, 0.25) is 0 Å². The molecule has 1 atom stereocenters. The Morgan fingerprint density at radius 1 is 1.04 bits per heavy atom. The average Bonchev–Trinajstić information content (AvgIpc) is 2.74. The smallest absolute Gasteiger partial charge is 0.0918 e. The molecule has 0 spiro atoms. The second-order valence-corrected chi connectivity index (χ2v) is 7.69. The number of oxime groups is 1. The van der Waals surface area contributed by atoms with E-state index in [0.717, 1.165) is 29.9 Å². The standard InChI is InChI=1S/C22H25N3OS/c1-24-19-14-18(17-10-6-3-7-11-17)15-20(25-26)21(19)22(23)27-13-12-16-8-4-2-5-9-16/h2-11,18,26H,12-15,23H2,1H3/b22-21?,24-19?,25-20+/t18-/m0/s1. The maximum Gasteiger partial charge on any atom is 0.0918 e. The predicted molar refractivity (Wildman–Crippen MR) is 115 cm³/mol. The van der Waals surface area contributed by atoms with Crippen molar-refractivity contribution in [2.45, 2.75) is 25.2 Å². The van der Waals surface area contributed by atoms with Gasteiger partial charge in [0.05, 0.1) is 16.3 Å². The number of thioether (sulfide) groups is 1. The third-order valence-corrected chi connectivity index (χ3v) is 5.78. The molecule has 0 aromatic heterocycles. The number of benzene rings is 2. The van der Waals surface area contributed by atoms with Crippen LogP contribution in [0.25, 0.3) is 0 Å². The minimum atomic E-state index is 0.252. The van der Waals surface area contributed by atoms with Crippen LogP contribution < -0.4 is 5.73 Å². The Morgan fingerprint density at radius 3 is 2.30 bits per heavy atom. The lowest BCUT2D eigenvalue weighted by atomic mass is 9.79. The molecule has 2 aromatic carbocycles. The molecular weight excluding hydrogens is 354 g/mol. The van der Waals surface area contributed by atoms with Gasteiger partial charge in [-0.2, -0.15) is 0 Å². The van der Waals surface area contributed by atoms with E-state index in [1.54, 1.807) is 18.8 Å². The summed E-state index contributed by atoms with van der Waals surface area (Å²) in [7, 11) is 1.78. The quantitative estimate of drug-likeness (QED) is 0.589. The van der Waals surface area contributed by atoms with E-state index in [9.17, 15) is 5.21 Å². The van der Waals surface area contributed by atoms with Gasteiger partial charge < -0.3 is 10.9 Å². The first-order chi connectivity index (χ1) is 13.2. The molecule has 0 unspecified atom stereocenters. The molecule has 2 aromatic rings. The van der Waals surface area contributed by atoms with Crippen molar-refractivity contribution in [1.29, 1.82) is 0 Å². The first kappa shape index (κ1) is 19.2. The largest absolute Gasteiger partial charge is 0.411 e. The van der Waals surface area contributed by atoms with Crippen molar-refractivity contribution < 1.29 is 5.21 Å². The van der Waals surface area contributed by atoms with Crippen LogP contribution in [0.2, 0.25) is 0 Å². The third-order valence-electron chi connectivity index (χ3n) is 4.86. The molecule has 0 saturated heterocycles. The summed E-state index contributed by atoms with van der Waals surface area (Å²) in [5.41, 5.74) is 11.3. The van der Waals surface area contributed by atoms with Crippen molar-refractivity contribution in [1.82, 2.24) is 0 Å². The SMILES string of the molecule is CN=C1C[C@H](c2ccccc2)C/C(=N\O)C1=C(N)SCCc1ccccc1. The van der Waals surface area contributed by atoms with Crippen LogP contribution >= 0.6 is 11.8 Å². The molecule has 1 aliphatic rings. The molecule has 1 fully saturated rings. The Labute approximate surface area is 164 Å². The summed E-state index contributed by atoms with van der Waals surface area (Å²) in [5, 5.41) is 13.9. The van der Waals surface area contributed by atoms with Crippen molar-refractivity contribution in [2.24, 2.45) is 15.9 Å². The lowest BCUT2D eigenvalue weighted by Gasteiger charge is -2.27. The van der Waals surface area contributed by atoms with Crippen LogP contribution in [0.1, 0.15) is 29.9 Å². The highest BCUT2D eigenvalue weighted by molar-refractivity contribution is 8.03. The van der Waals surface area contributed by atoms with Gasteiger partial charge in [0, 0.05) is 24.9 Å². The monoisotopic (exact) mass is 379 g/mol. The Kier molecular flexibility index (Phi) is 6.71. The zero-order chi connectivity index (χ0) is 19.1. The lowest BCUT2D eigenvalue weighted by molar-refractivity contribution is 0.317. The number of nitrogens with zero attached hydrogens (tertiary/aromatic N) is 2. The van der Waals surface area contributed by atoms with E-state index in [1.807, 2.05) is 36.4 Å². The Morgan fingerprint density at radius 2 is 1.67 bits per heavy atom. The molecule has 3 N–H and O–H groups in total. The maximum atomic E-state index is 9.63. The second kappa shape index (κ2) is 9.42. The van der Waals surface area contributed by atoms with Crippen molar-refractivity contribution >= 4 is 23.2 Å². The zero-order valence-electron chi connectivity index (χ0n) is 15.5. The molecule has 1 saturated carbocycles. The molecule has 4 nitrogen and oxygen atoms in total. The highest BCUT2D eigenvalue weighted by Crippen LogP contribution is 2.35. The second-order valence-electron chi connectivity index (χ2n) is 6.56. The van der Waals surface area contributed by atoms with E-state index in [1.165, 1.54) is 11.1 Å². The molecule has 5 heteroatoms. The number of allylic oxidation sites excluding steroid dienone is 1. The van der Waals surface area contributed by atoms with Crippen LogP contribution in [0.3, 0.4) is 0 Å². The van der Waals surface area contributed by atoms with Crippen LogP contribution in [-0.4, -0.2) is 29.4 Å². The lowest BCUT2D eigenvalue weighted by Crippen LogP contribution is -2.28. The van der Waals surface area contributed by atoms with E-state index in [2.05, 4.69) is 34.4 Å². The van der Waals surface area contributed by atoms with Gasteiger partial charge in [-0.25, -0.2) is 0 Å². The summed E-state index contributed by atoms with van der Waals surface area (Å²) >= 11 is 1.60. The van der Waals surface area contributed by atoms with E-state index >= 15 is 0 Å². The van der Waals surface area contributed by atoms with Crippen molar-refractivity contribution in [3.05, 3.63) is 82.4 Å².